The van der Waals surface area contributed by atoms with Crippen LogP contribution in [-0.4, -0.2) is 17.8 Å². The highest BCUT2D eigenvalue weighted by molar-refractivity contribution is 5.33. The van der Waals surface area contributed by atoms with Crippen LogP contribution in [0.2, 0.25) is 0 Å². The molecule has 4 heteroatoms. The molecule has 1 saturated heterocycles. The van der Waals surface area contributed by atoms with Gasteiger partial charge in [-0.05, 0) is 31.4 Å². The molecule has 0 bridgehead atoms. The predicted octanol–water partition coefficient (Wildman–Crippen LogP) is 1.95. The van der Waals surface area contributed by atoms with E-state index in [1.165, 1.54) is 6.42 Å². The van der Waals surface area contributed by atoms with Gasteiger partial charge in [0.2, 0.25) is 0 Å². The van der Waals surface area contributed by atoms with Crippen LogP contribution in [0, 0.1) is 0 Å². The van der Waals surface area contributed by atoms with Crippen LogP contribution in [0.5, 0.6) is 0 Å². The Balaban J connectivity index is 2.17. The van der Waals surface area contributed by atoms with Crippen molar-refractivity contribution in [1.29, 1.82) is 0 Å². The summed E-state index contributed by atoms with van der Waals surface area (Å²) >= 11 is 0. The first-order chi connectivity index (χ1) is 8.29. The molecule has 1 fully saturated rings. The average Bonchev–Trinajstić information content (AvgIpc) is 2.46. The van der Waals surface area contributed by atoms with Crippen molar-refractivity contribution < 1.29 is 4.74 Å². The third kappa shape index (κ3) is 3.09. The quantitative estimate of drug-likeness (QED) is 0.810. The molecule has 0 amide bonds. The van der Waals surface area contributed by atoms with Gasteiger partial charge < -0.3 is 15.0 Å². The second-order valence-electron chi connectivity index (χ2n) is 4.58. The molecule has 0 aromatic carbocycles. The topological polar surface area (TPSA) is 57.2 Å². The first-order valence-corrected chi connectivity index (χ1v) is 6.33. The molecule has 0 saturated carbocycles. The molecule has 94 valence electrons. The van der Waals surface area contributed by atoms with E-state index in [-0.39, 0.29) is 11.6 Å². The lowest BCUT2D eigenvalue weighted by atomic mass is 10.1. The Hall–Kier alpha value is -1.29. The summed E-state index contributed by atoms with van der Waals surface area (Å²) in [5.41, 5.74) is 5.92. The van der Waals surface area contributed by atoms with E-state index in [2.05, 4.69) is 0 Å². The van der Waals surface area contributed by atoms with Gasteiger partial charge in [-0.15, -0.1) is 0 Å². The highest BCUT2D eigenvalue weighted by Crippen LogP contribution is 2.20. The van der Waals surface area contributed by atoms with Gasteiger partial charge in [0, 0.05) is 25.5 Å². The van der Waals surface area contributed by atoms with Crippen molar-refractivity contribution in [3.63, 3.8) is 0 Å². The zero-order valence-electron chi connectivity index (χ0n) is 10.1. The zero-order valence-corrected chi connectivity index (χ0v) is 10.1. The number of aromatic nitrogens is 1. The number of rotatable bonds is 1. The average molecular weight is 236 g/mol. The summed E-state index contributed by atoms with van der Waals surface area (Å²) in [5, 5.41) is 0. The molecule has 17 heavy (non-hydrogen) atoms. The van der Waals surface area contributed by atoms with Crippen LogP contribution >= 0.6 is 0 Å². The fourth-order valence-electron chi connectivity index (χ4n) is 2.32. The summed E-state index contributed by atoms with van der Waals surface area (Å²) in [6.45, 7) is 1.57. The Morgan fingerprint density at radius 1 is 1.24 bits per heavy atom. The van der Waals surface area contributed by atoms with Gasteiger partial charge in [-0.1, -0.05) is 12.8 Å². The maximum atomic E-state index is 11.9. The number of nitrogen functional groups attached to an aromatic ring is 1. The Labute approximate surface area is 101 Å². The highest BCUT2D eigenvalue weighted by atomic mass is 16.5. The monoisotopic (exact) mass is 236 g/mol. The molecule has 0 spiro atoms. The smallest absolute Gasteiger partial charge is 0.273 e. The zero-order chi connectivity index (χ0) is 12.1. The second kappa shape index (κ2) is 5.87. The normalized spacial score (nSPS) is 22.5. The molecule has 1 aliphatic heterocycles. The van der Waals surface area contributed by atoms with Gasteiger partial charge in [-0.25, -0.2) is 0 Å². The van der Waals surface area contributed by atoms with E-state index in [9.17, 15) is 4.79 Å². The van der Waals surface area contributed by atoms with Crippen molar-refractivity contribution in [1.82, 2.24) is 4.57 Å². The maximum absolute atomic E-state index is 11.9. The Morgan fingerprint density at radius 3 is 3.00 bits per heavy atom. The van der Waals surface area contributed by atoms with E-state index in [4.69, 9.17) is 10.5 Å². The van der Waals surface area contributed by atoms with Crippen molar-refractivity contribution >= 4 is 5.69 Å². The molecule has 1 aromatic rings. The first kappa shape index (κ1) is 12.2. The summed E-state index contributed by atoms with van der Waals surface area (Å²) in [6.07, 6.45) is 7.21. The molecule has 4 nitrogen and oxygen atoms in total. The van der Waals surface area contributed by atoms with Gasteiger partial charge in [-0.3, -0.25) is 4.79 Å². The molecule has 2 heterocycles. The van der Waals surface area contributed by atoms with Crippen LogP contribution in [0.4, 0.5) is 5.69 Å². The third-order valence-corrected chi connectivity index (χ3v) is 3.32. The van der Waals surface area contributed by atoms with Crippen LogP contribution in [-0.2, 0) is 4.74 Å². The molecule has 0 radical (unpaired) electrons. The lowest BCUT2D eigenvalue weighted by Crippen LogP contribution is -2.26. The van der Waals surface area contributed by atoms with Gasteiger partial charge in [0.1, 0.15) is 0 Å². The Kier molecular flexibility index (Phi) is 4.20. The fourth-order valence-corrected chi connectivity index (χ4v) is 2.32. The lowest BCUT2D eigenvalue weighted by Gasteiger charge is -2.19. The first-order valence-electron chi connectivity index (χ1n) is 6.33. The van der Waals surface area contributed by atoms with E-state index in [0.717, 1.165) is 38.9 Å². The van der Waals surface area contributed by atoms with Crippen LogP contribution in [0.3, 0.4) is 0 Å². The maximum Gasteiger partial charge on any atom is 0.273 e. The molecular formula is C13H20N2O2. The van der Waals surface area contributed by atoms with E-state index in [0.29, 0.717) is 5.69 Å². The van der Waals surface area contributed by atoms with E-state index in [1.54, 1.807) is 10.6 Å². The predicted molar refractivity (Wildman–Crippen MR) is 68.1 cm³/mol. The van der Waals surface area contributed by atoms with Crippen molar-refractivity contribution in [2.45, 2.75) is 38.1 Å². The van der Waals surface area contributed by atoms with Crippen LogP contribution in [0.25, 0.3) is 0 Å². The number of hydrogen-bond acceptors (Lipinski definition) is 3. The summed E-state index contributed by atoms with van der Waals surface area (Å²) < 4.78 is 7.30. The van der Waals surface area contributed by atoms with Gasteiger partial charge in [0.25, 0.3) is 5.56 Å². The molecule has 0 unspecified atom stereocenters. The van der Waals surface area contributed by atoms with Crippen LogP contribution < -0.4 is 11.3 Å². The number of anilines is 1. The van der Waals surface area contributed by atoms with Crippen LogP contribution in [0.1, 0.15) is 38.1 Å². The van der Waals surface area contributed by atoms with E-state index < -0.39 is 0 Å². The van der Waals surface area contributed by atoms with Gasteiger partial charge >= 0.3 is 0 Å². The van der Waals surface area contributed by atoms with Gasteiger partial charge in [-0.2, -0.15) is 0 Å². The van der Waals surface area contributed by atoms with Crippen molar-refractivity contribution in [2.24, 2.45) is 0 Å². The van der Waals surface area contributed by atoms with Crippen LogP contribution in [0.15, 0.2) is 23.1 Å². The molecule has 1 aliphatic rings. The highest BCUT2D eigenvalue weighted by Gasteiger charge is 2.14. The Morgan fingerprint density at radius 2 is 2.12 bits per heavy atom. The number of nitrogens with zero attached hydrogens (tertiary/aromatic N) is 1. The SMILES string of the molecule is Nc1cccn([C@@H]2CCCCCOCC2)c1=O. The standard InChI is InChI=1S/C13H20N2O2/c14-12-6-4-8-15(13(12)16)11-5-2-1-3-9-17-10-7-11/h4,6,8,11H,1-3,5,7,9-10,14H2/t11-/m1/s1. The summed E-state index contributed by atoms with van der Waals surface area (Å²) in [7, 11) is 0. The van der Waals surface area contributed by atoms with Gasteiger partial charge in [0.05, 0.1) is 5.69 Å². The minimum Gasteiger partial charge on any atom is -0.394 e. The fraction of sp³-hybridized carbons (Fsp3) is 0.615. The second-order valence-corrected chi connectivity index (χ2v) is 4.58. The molecule has 2 N–H and O–H groups in total. The van der Waals surface area contributed by atoms with E-state index in [1.807, 2.05) is 12.3 Å². The van der Waals surface area contributed by atoms with Crippen molar-refractivity contribution in [2.75, 3.05) is 18.9 Å². The Bertz CT molecular complexity index is 404. The minimum absolute atomic E-state index is 0.0725. The van der Waals surface area contributed by atoms with Crippen molar-refractivity contribution in [3.8, 4) is 0 Å². The summed E-state index contributed by atoms with van der Waals surface area (Å²) in [6, 6.07) is 3.72. The van der Waals surface area contributed by atoms with E-state index >= 15 is 0 Å². The number of hydrogen-bond donors (Lipinski definition) is 1. The number of pyridine rings is 1. The molecule has 1 atom stereocenters. The largest absolute Gasteiger partial charge is 0.394 e. The van der Waals surface area contributed by atoms with Gasteiger partial charge in [0.15, 0.2) is 0 Å². The molecule has 1 aromatic heterocycles. The third-order valence-electron chi connectivity index (χ3n) is 3.32. The molecule has 0 aliphatic carbocycles. The molecular weight excluding hydrogens is 216 g/mol. The number of nitrogens with two attached hydrogens (primary N) is 1. The summed E-state index contributed by atoms with van der Waals surface area (Å²) in [5.74, 6) is 0. The minimum atomic E-state index is -0.0725. The lowest BCUT2D eigenvalue weighted by molar-refractivity contribution is 0.123. The van der Waals surface area contributed by atoms with Crippen molar-refractivity contribution in [3.05, 3.63) is 28.7 Å². The molecule has 2 rings (SSSR count). The summed E-state index contributed by atoms with van der Waals surface area (Å²) in [4.78, 5) is 11.9. The number of ether oxygens (including phenoxy) is 1.